The Labute approximate surface area is 150 Å². The summed E-state index contributed by atoms with van der Waals surface area (Å²) in [7, 11) is 1.41. The molecule has 1 aromatic carbocycles. The summed E-state index contributed by atoms with van der Waals surface area (Å²) in [6.07, 6.45) is 4.06. The maximum atomic E-state index is 12.1. The summed E-state index contributed by atoms with van der Waals surface area (Å²) in [5.41, 5.74) is 6.82. The molecule has 0 heterocycles. The Balaban J connectivity index is 2.72. The smallest absolute Gasteiger partial charge is 0.474 e. The number of ether oxygens (including phenoxy) is 2. The van der Waals surface area contributed by atoms with Gasteiger partial charge in [0.1, 0.15) is 19.5 Å². The van der Waals surface area contributed by atoms with Gasteiger partial charge in [-0.15, -0.1) is 13.2 Å². The number of nitrogens with zero attached hydrogens (tertiary/aromatic N) is 1. The van der Waals surface area contributed by atoms with E-state index >= 15 is 0 Å². The number of rotatable bonds is 8. The normalized spacial score (nSPS) is 13.5. The van der Waals surface area contributed by atoms with Gasteiger partial charge in [-0.25, -0.2) is 0 Å². The Bertz CT molecular complexity index is 663. The van der Waals surface area contributed by atoms with Crippen LogP contribution in [0, 0.1) is 0 Å². The van der Waals surface area contributed by atoms with E-state index in [9.17, 15) is 13.2 Å². The summed E-state index contributed by atoms with van der Waals surface area (Å²) < 4.78 is 45.6. The number of halogens is 3. The number of benzene rings is 1. The third-order valence-electron chi connectivity index (χ3n) is 2.88. The predicted octanol–water partition coefficient (Wildman–Crippen LogP) is 4.04. The maximum absolute atomic E-state index is 12.1. The molecule has 0 radical (unpaired) electrons. The van der Waals surface area contributed by atoms with Crippen LogP contribution in [0.3, 0.4) is 0 Å². The fourth-order valence-corrected chi connectivity index (χ4v) is 1.80. The summed E-state index contributed by atoms with van der Waals surface area (Å²) in [5, 5.41) is 3.80. The lowest BCUT2D eigenvalue weighted by molar-refractivity contribution is -0.274. The molecule has 0 aliphatic carbocycles. The lowest BCUT2D eigenvalue weighted by Crippen LogP contribution is -2.16. The Morgan fingerprint density at radius 3 is 2.42 bits per heavy atom. The van der Waals surface area contributed by atoms with Crippen LogP contribution in [-0.4, -0.2) is 32.5 Å². The highest BCUT2D eigenvalue weighted by atomic mass is 19.4. The first kappa shape index (κ1) is 21.3. The van der Waals surface area contributed by atoms with Crippen molar-refractivity contribution in [3.8, 4) is 5.75 Å². The van der Waals surface area contributed by atoms with Crippen LogP contribution in [0.1, 0.15) is 12.5 Å². The largest absolute Gasteiger partial charge is 0.573 e. The van der Waals surface area contributed by atoms with Crippen LogP contribution < -0.4 is 10.5 Å². The van der Waals surface area contributed by atoms with Gasteiger partial charge in [0.2, 0.25) is 0 Å². The molecule has 0 amide bonds. The van der Waals surface area contributed by atoms with Crippen molar-refractivity contribution in [2.24, 2.45) is 10.9 Å². The van der Waals surface area contributed by atoms with Gasteiger partial charge in [-0.05, 0) is 35.9 Å². The molecule has 0 bridgehead atoms. The molecule has 2 N–H and O–H groups in total. The first-order chi connectivity index (χ1) is 12.4. The number of nitrogens with two attached hydrogens (primary N) is 1. The quantitative estimate of drug-likeness (QED) is 0.325. The second kappa shape index (κ2) is 11.0. The Hall–Kier alpha value is -2.74. The van der Waals surface area contributed by atoms with Crippen LogP contribution in [0.5, 0.6) is 5.75 Å². The highest BCUT2D eigenvalue weighted by Crippen LogP contribution is 2.23. The molecular formula is C18H21F3N2O3. The van der Waals surface area contributed by atoms with Crippen molar-refractivity contribution in [1.82, 2.24) is 0 Å². The van der Waals surface area contributed by atoms with Gasteiger partial charge in [-0.1, -0.05) is 36.4 Å². The molecule has 5 nitrogen and oxygen atoms in total. The van der Waals surface area contributed by atoms with E-state index in [0.717, 1.165) is 5.56 Å². The second-order valence-electron chi connectivity index (χ2n) is 4.80. The van der Waals surface area contributed by atoms with Crippen LogP contribution in [0.4, 0.5) is 13.2 Å². The molecule has 0 fully saturated rings. The van der Waals surface area contributed by atoms with Crippen LogP contribution in [0.15, 0.2) is 59.3 Å². The van der Waals surface area contributed by atoms with Gasteiger partial charge >= 0.3 is 6.36 Å². The van der Waals surface area contributed by atoms with E-state index in [4.69, 9.17) is 15.3 Å². The van der Waals surface area contributed by atoms with E-state index in [2.05, 4.69) is 9.89 Å². The van der Waals surface area contributed by atoms with Crippen molar-refractivity contribution >= 4 is 12.0 Å². The minimum Gasteiger partial charge on any atom is -0.474 e. The molecular weight excluding hydrogens is 349 g/mol. The molecule has 0 spiro atoms. The monoisotopic (exact) mass is 370 g/mol. The molecule has 0 saturated carbocycles. The molecule has 1 aromatic rings. The lowest BCUT2D eigenvalue weighted by atomic mass is 10.2. The van der Waals surface area contributed by atoms with Crippen molar-refractivity contribution < 1.29 is 27.5 Å². The zero-order chi connectivity index (χ0) is 19.4. The Kier molecular flexibility index (Phi) is 9.00. The van der Waals surface area contributed by atoms with Gasteiger partial charge in [0.05, 0.1) is 0 Å². The number of allylic oxidation sites excluding steroid dienone is 3. The van der Waals surface area contributed by atoms with Crippen LogP contribution in [-0.2, 0) is 9.57 Å². The third kappa shape index (κ3) is 8.39. The fraction of sp³-hybridized carbons (Fsp3) is 0.278. The van der Waals surface area contributed by atoms with Crippen molar-refractivity contribution in [3.63, 3.8) is 0 Å². The van der Waals surface area contributed by atoms with Crippen LogP contribution in [0.25, 0.3) is 6.08 Å². The Morgan fingerprint density at radius 2 is 1.88 bits per heavy atom. The van der Waals surface area contributed by atoms with Gasteiger partial charge < -0.3 is 20.0 Å². The molecule has 26 heavy (non-hydrogen) atoms. The van der Waals surface area contributed by atoms with E-state index in [1.54, 1.807) is 30.4 Å². The standard InChI is InChI=1S/C18H21F3N2O3/c1-3-15(17(23-24-2)25-13-12-22)7-5-4-6-14-8-10-16(11-9-14)26-18(19,20)21/h3-11H,12-13,22H2,1-2H3/b6-4+,7-5-,15-3+,23-17+. The first-order valence-corrected chi connectivity index (χ1v) is 7.71. The minimum absolute atomic E-state index is 0.265. The van der Waals surface area contributed by atoms with Gasteiger partial charge in [-0.2, -0.15) is 0 Å². The minimum atomic E-state index is -4.70. The second-order valence-corrected chi connectivity index (χ2v) is 4.80. The molecule has 0 atom stereocenters. The molecule has 1 rings (SSSR count). The third-order valence-corrected chi connectivity index (χ3v) is 2.88. The van der Waals surface area contributed by atoms with E-state index in [1.807, 2.05) is 6.92 Å². The van der Waals surface area contributed by atoms with Gasteiger partial charge in [0.25, 0.3) is 5.90 Å². The topological polar surface area (TPSA) is 66.1 Å². The van der Waals surface area contributed by atoms with Crippen molar-refractivity contribution in [3.05, 3.63) is 59.7 Å². The average Bonchev–Trinajstić information content (AvgIpc) is 2.59. The highest BCUT2D eigenvalue weighted by Gasteiger charge is 2.30. The van der Waals surface area contributed by atoms with Gasteiger partial charge in [0.15, 0.2) is 0 Å². The summed E-state index contributed by atoms with van der Waals surface area (Å²) in [5.74, 6) is 0.0395. The first-order valence-electron chi connectivity index (χ1n) is 7.71. The molecule has 0 aromatic heterocycles. The van der Waals surface area contributed by atoms with E-state index in [0.29, 0.717) is 24.6 Å². The van der Waals surface area contributed by atoms with Crippen molar-refractivity contribution in [1.29, 1.82) is 0 Å². The number of hydrogen-bond acceptors (Lipinski definition) is 5. The van der Waals surface area contributed by atoms with Gasteiger partial charge in [0, 0.05) is 12.1 Å². The zero-order valence-corrected chi connectivity index (χ0v) is 14.5. The lowest BCUT2D eigenvalue weighted by Gasteiger charge is -2.08. The number of oxime groups is 1. The van der Waals surface area contributed by atoms with Crippen LogP contribution in [0.2, 0.25) is 0 Å². The van der Waals surface area contributed by atoms with Crippen molar-refractivity contribution in [2.75, 3.05) is 20.3 Å². The van der Waals surface area contributed by atoms with E-state index in [1.165, 1.54) is 31.4 Å². The SMILES string of the molecule is C/C=C(\C=C/C=C/c1ccc(OC(F)(F)F)cc1)C(=N\OC)/OCCN. The summed E-state index contributed by atoms with van der Waals surface area (Å²) >= 11 is 0. The molecule has 8 heteroatoms. The number of alkyl halides is 3. The molecule has 142 valence electrons. The van der Waals surface area contributed by atoms with Crippen LogP contribution >= 0.6 is 0 Å². The number of hydrogen-bond donors (Lipinski definition) is 1. The molecule has 0 aliphatic rings. The summed E-state index contributed by atoms with van der Waals surface area (Å²) in [4.78, 5) is 4.74. The molecule has 0 unspecified atom stereocenters. The highest BCUT2D eigenvalue weighted by molar-refractivity contribution is 5.95. The fourth-order valence-electron chi connectivity index (χ4n) is 1.80. The van der Waals surface area contributed by atoms with E-state index < -0.39 is 6.36 Å². The van der Waals surface area contributed by atoms with Gasteiger partial charge in [-0.3, -0.25) is 0 Å². The van der Waals surface area contributed by atoms with Crippen molar-refractivity contribution in [2.45, 2.75) is 13.3 Å². The predicted molar refractivity (Wildman–Crippen MR) is 94.5 cm³/mol. The summed E-state index contributed by atoms with van der Waals surface area (Å²) in [6, 6.07) is 5.53. The average molecular weight is 370 g/mol. The van der Waals surface area contributed by atoms with E-state index in [-0.39, 0.29) is 5.75 Å². The zero-order valence-electron chi connectivity index (χ0n) is 14.5. The molecule has 0 aliphatic heterocycles. The summed E-state index contributed by atoms with van der Waals surface area (Å²) in [6.45, 7) is 2.46. The molecule has 0 saturated heterocycles. The Morgan fingerprint density at radius 1 is 1.19 bits per heavy atom. The maximum Gasteiger partial charge on any atom is 0.573 e.